The van der Waals surface area contributed by atoms with Gasteiger partial charge in [0.05, 0.1) is 16.8 Å². The molecule has 2 aromatic rings. The van der Waals surface area contributed by atoms with E-state index in [0.29, 0.717) is 13.2 Å². The molecule has 3 rings (SSSR count). The minimum absolute atomic E-state index is 0.0251. The monoisotopic (exact) mass is 348 g/mol. The van der Waals surface area contributed by atoms with E-state index < -0.39 is 5.97 Å². The van der Waals surface area contributed by atoms with E-state index in [1.165, 1.54) is 22.5 Å². The lowest BCUT2D eigenvalue weighted by Gasteiger charge is -2.17. The lowest BCUT2D eigenvalue weighted by molar-refractivity contribution is -0.152. The van der Waals surface area contributed by atoms with Gasteiger partial charge in [0.2, 0.25) is 5.76 Å². The summed E-state index contributed by atoms with van der Waals surface area (Å²) >= 11 is 1.53. The Balaban J connectivity index is 1.52. The zero-order valence-electron chi connectivity index (χ0n) is 13.1. The van der Waals surface area contributed by atoms with E-state index >= 15 is 0 Å². The summed E-state index contributed by atoms with van der Waals surface area (Å²) in [5.74, 6) is -1.06. The summed E-state index contributed by atoms with van der Waals surface area (Å²) < 4.78 is 16.1. The van der Waals surface area contributed by atoms with Crippen LogP contribution in [0.1, 0.15) is 5.01 Å². The molecule has 2 heterocycles. The molecule has 1 amide bonds. The first-order chi connectivity index (χ1) is 11.6. The van der Waals surface area contributed by atoms with Crippen LogP contribution in [0.25, 0.3) is 10.2 Å². The average molecular weight is 348 g/mol. The SMILES string of the molecule is CN(Cc1nc2ccccc2s1)C(=O)COC(=O)C1=COCCO1. The fourth-order valence-corrected chi connectivity index (χ4v) is 3.08. The molecule has 0 saturated heterocycles. The van der Waals surface area contributed by atoms with E-state index in [4.69, 9.17) is 14.2 Å². The Morgan fingerprint density at radius 1 is 1.33 bits per heavy atom. The second-order valence-corrected chi connectivity index (χ2v) is 6.22. The number of hydrogen-bond donors (Lipinski definition) is 0. The van der Waals surface area contributed by atoms with Gasteiger partial charge in [0.15, 0.2) is 6.61 Å². The Labute approximate surface area is 142 Å². The normalized spacial score (nSPS) is 13.6. The van der Waals surface area contributed by atoms with Crippen molar-refractivity contribution in [3.05, 3.63) is 41.3 Å². The van der Waals surface area contributed by atoms with Crippen molar-refractivity contribution in [3.8, 4) is 0 Å². The van der Waals surface area contributed by atoms with Crippen LogP contribution in [0.2, 0.25) is 0 Å². The van der Waals surface area contributed by atoms with Gasteiger partial charge in [0.1, 0.15) is 24.5 Å². The highest BCUT2D eigenvalue weighted by Crippen LogP contribution is 2.22. The highest BCUT2D eigenvalue weighted by atomic mass is 32.1. The van der Waals surface area contributed by atoms with Gasteiger partial charge in [-0.2, -0.15) is 0 Å². The van der Waals surface area contributed by atoms with Crippen molar-refractivity contribution in [2.45, 2.75) is 6.54 Å². The second kappa shape index (κ2) is 7.31. The third kappa shape index (κ3) is 3.83. The molecule has 0 radical (unpaired) electrons. The van der Waals surface area contributed by atoms with Crippen LogP contribution in [0.4, 0.5) is 0 Å². The topological polar surface area (TPSA) is 78.0 Å². The van der Waals surface area contributed by atoms with Crippen LogP contribution >= 0.6 is 11.3 Å². The maximum atomic E-state index is 12.1. The van der Waals surface area contributed by atoms with Crippen molar-refractivity contribution in [1.29, 1.82) is 0 Å². The smallest absolute Gasteiger partial charge is 0.377 e. The number of hydrogen-bond acceptors (Lipinski definition) is 7. The number of carbonyl (C=O) groups excluding carboxylic acids is 2. The van der Waals surface area contributed by atoms with E-state index in [9.17, 15) is 9.59 Å². The zero-order valence-corrected chi connectivity index (χ0v) is 13.9. The van der Waals surface area contributed by atoms with Gasteiger partial charge in [0.25, 0.3) is 5.91 Å². The van der Waals surface area contributed by atoms with Gasteiger partial charge in [-0.3, -0.25) is 4.79 Å². The number of amides is 1. The van der Waals surface area contributed by atoms with Crippen LogP contribution in [0.5, 0.6) is 0 Å². The Kier molecular flexibility index (Phi) is 4.95. The molecular weight excluding hydrogens is 332 g/mol. The summed E-state index contributed by atoms with van der Waals surface area (Å²) in [6.45, 7) is 0.673. The third-order valence-corrected chi connectivity index (χ3v) is 4.33. The molecular formula is C16H16N2O5S. The number of aromatic nitrogens is 1. The molecule has 0 N–H and O–H groups in total. The molecule has 7 nitrogen and oxygen atoms in total. The van der Waals surface area contributed by atoms with Gasteiger partial charge in [0, 0.05) is 7.05 Å². The van der Waals surface area contributed by atoms with Crippen LogP contribution in [0, 0.1) is 0 Å². The van der Waals surface area contributed by atoms with Crippen molar-refractivity contribution in [3.63, 3.8) is 0 Å². The Hall–Kier alpha value is -2.61. The highest BCUT2D eigenvalue weighted by molar-refractivity contribution is 7.18. The molecule has 1 aromatic carbocycles. The highest BCUT2D eigenvalue weighted by Gasteiger charge is 2.19. The number of ether oxygens (including phenoxy) is 3. The maximum Gasteiger partial charge on any atom is 0.377 e. The van der Waals surface area contributed by atoms with E-state index in [-0.39, 0.29) is 24.9 Å². The molecule has 24 heavy (non-hydrogen) atoms. The van der Waals surface area contributed by atoms with Gasteiger partial charge < -0.3 is 19.1 Å². The molecule has 0 atom stereocenters. The van der Waals surface area contributed by atoms with Crippen LogP contribution in [-0.2, 0) is 30.3 Å². The van der Waals surface area contributed by atoms with E-state index in [1.807, 2.05) is 24.3 Å². The zero-order chi connectivity index (χ0) is 16.9. The number of benzene rings is 1. The molecule has 0 bridgehead atoms. The summed E-state index contributed by atoms with van der Waals surface area (Å²) in [4.78, 5) is 29.8. The average Bonchev–Trinajstić information content (AvgIpc) is 3.02. The minimum atomic E-state index is -0.712. The Morgan fingerprint density at radius 2 is 2.17 bits per heavy atom. The molecule has 1 aliphatic rings. The minimum Gasteiger partial charge on any atom is -0.493 e. The fraction of sp³-hybridized carbons (Fsp3) is 0.312. The number of para-hydroxylation sites is 1. The van der Waals surface area contributed by atoms with Gasteiger partial charge in [-0.1, -0.05) is 12.1 Å². The van der Waals surface area contributed by atoms with Crippen molar-refractivity contribution in [2.75, 3.05) is 26.9 Å². The van der Waals surface area contributed by atoms with Crippen LogP contribution in [0.15, 0.2) is 36.3 Å². The Bertz CT molecular complexity index is 753. The number of fused-ring (bicyclic) bond motifs is 1. The molecule has 0 fully saturated rings. The van der Waals surface area contributed by atoms with Gasteiger partial charge in [-0.15, -0.1) is 11.3 Å². The number of esters is 1. The second-order valence-electron chi connectivity index (χ2n) is 5.10. The summed E-state index contributed by atoms with van der Waals surface area (Å²) in [5, 5.41) is 0.824. The van der Waals surface area contributed by atoms with Gasteiger partial charge >= 0.3 is 5.97 Å². The van der Waals surface area contributed by atoms with Crippen molar-refractivity contribution < 1.29 is 23.8 Å². The first kappa shape index (κ1) is 16.3. The summed E-state index contributed by atoms with van der Waals surface area (Å²) in [7, 11) is 1.64. The van der Waals surface area contributed by atoms with Crippen LogP contribution in [0.3, 0.4) is 0 Å². The number of carbonyl (C=O) groups is 2. The number of nitrogens with zero attached hydrogens (tertiary/aromatic N) is 2. The largest absolute Gasteiger partial charge is 0.493 e. The number of likely N-dealkylation sites (N-methyl/N-ethyl adjacent to an activating group) is 1. The summed E-state index contributed by atoms with van der Waals surface area (Å²) in [6, 6.07) is 7.79. The molecule has 0 saturated carbocycles. The third-order valence-electron chi connectivity index (χ3n) is 3.31. The van der Waals surface area contributed by atoms with Crippen molar-refractivity contribution in [2.24, 2.45) is 0 Å². The molecule has 1 aromatic heterocycles. The first-order valence-electron chi connectivity index (χ1n) is 7.33. The van der Waals surface area contributed by atoms with Gasteiger partial charge in [-0.05, 0) is 12.1 Å². The summed E-state index contributed by atoms with van der Waals surface area (Å²) in [6.07, 6.45) is 1.20. The van der Waals surface area contributed by atoms with E-state index in [1.54, 1.807) is 7.05 Å². The van der Waals surface area contributed by atoms with Crippen LogP contribution in [-0.4, -0.2) is 48.6 Å². The molecule has 8 heteroatoms. The molecule has 0 spiro atoms. The predicted molar refractivity (Wildman–Crippen MR) is 87.0 cm³/mol. The molecule has 126 valence electrons. The van der Waals surface area contributed by atoms with E-state index in [0.717, 1.165) is 15.2 Å². The summed E-state index contributed by atoms with van der Waals surface area (Å²) in [5.41, 5.74) is 0.908. The molecule has 0 aliphatic carbocycles. The van der Waals surface area contributed by atoms with Crippen molar-refractivity contribution in [1.82, 2.24) is 9.88 Å². The lowest BCUT2D eigenvalue weighted by atomic mass is 10.3. The standard InChI is InChI=1S/C16H16N2O5S/c1-18(8-14-17-11-4-2-3-5-13(11)24-14)15(19)10-23-16(20)12-9-21-6-7-22-12/h2-5,9H,6-8,10H2,1H3. The van der Waals surface area contributed by atoms with E-state index in [2.05, 4.69) is 4.98 Å². The quantitative estimate of drug-likeness (QED) is 0.765. The molecule has 0 unspecified atom stereocenters. The van der Waals surface area contributed by atoms with Crippen molar-refractivity contribution >= 4 is 33.4 Å². The maximum absolute atomic E-state index is 12.1. The number of rotatable bonds is 5. The Morgan fingerprint density at radius 3 is 2.92 bits per heavy atom. The fourth-order valence-electron chi connectivity index (χ4n) is 2.06. The molecule has 1 aliphatic heterocycles. The predicted octanol–water partition coefficient (Wildman–Crippen LogP) is 1.69. The van der Waals surface area contributed by atoms with Crippen LogP contribution < -0.4 is 0 Å². The lowest BCUT2D eigenvalue weighted by Crippen LogP contribution is -2.31. The number of thiazole rings is 1. The first-order valence-corrected chi connectivity index (χ1v) is 8.15. The van der Waals surface area contributed by atoms with Gasteiger partial charge in [-0.25, -0.2) is 9.78 Å².